The molecule has 1 aromatic carbocycles. The maximum atomic E-state index is 12.6. The number of halogens is 2. The molecule has 2 heterocycles. The van der Waals surface area contributed by atoms with Crippen LogP contribution in [0.5, 0.6) is 5.75 Å². The number of hydrogen-bond acceptors (Lipinski definition) is 5. The summed E-state index contributed by atoms with van der Waals surface area (Å²) in [6.45, 7) is 2.70. The number of para-hydroxylation sites is 2. The number of rotatable bonds is 6. The number of hydrogen-bond donors (Lipinski definition) is 3. The molecule has 27 heavy (non-hydrogen) atoms. The largest absolute Gasteiger partial charge is 0.495 e. The van der Waals surface area contributed by atoms with Crippen LogP contribution in [0.3, 0.4) is 0 Å². The van der Waals surface area contributed by atoms with Crippen molar-refractivity contribution in [3.05, 3.63) is 48.2 Å². The third kappa shape index (κ3) is 6.27. The summed E-state index contributed by atoms with van der Waals surface area (Å²) in [6, 6.07) is 11.1. The van der Waals surface area contributed by atoms with Gasteiger partial charge in [-0.25, -0.2) is 4.98 Å². The minimum Gasteiger partial charge on any atom is -0.495 e. The highest BCUT2D eigenvalue weighted by Gasteiger charge is 2.17. The van der Waals surface area contributed by atoms with Gasteiger partial charge in [-0.2, -0.15) is 0 Å². The van der Waals surface area contributed by atoms with E-state index in [1.165, 1.54) is 0 Å². The molecule has 148 valence electrons. The first-order chi connectivity index (χ1) is 12.3. The number of carbonyl (C=O) groups is 1. The molecule has 0 aliphatic carbocycles. The zero-order valence-electron chi connectivity index (χ0n) is 15.2. The van der Waals surface area contributed by atoms with E-state index in [4.69, 9.17) is 4.74 Å². The number of ether oxygens (including phenoxy) is 1. The van der Waals surface area contributed by atoms with Gasteiger partial charge in [-0.15, -0.1) is 24.8 Å². The van der Waals surface area contributed by atoms with E-state index in [1.54, 1.807) is 25.4 Å². The first-order valence-electron chi connectivity index (χ1n) is 8.62. The lowest BCUT2D eigenvalue weighted by atomic mass is 10.00. The second-order valence-electron chi connectivity index (χ2n) is 6.15. The van der Waals surface area contributed by atoms with Gasteiger partial charge in [-0.05, 0) is 56.1 Å². The molecular weight excluding hydrogens is 387 g/mol. The summed E-state index contributed by atoms with van der Waals surface area (Å²) in [5.74, 6) is 1.59. The fourth-order valence-electron chi connectivity index (χ4n) is 2.99. The van der Waals surface area contributed by atoms with Crippen LogP contribution in [0.2, 0.25) is 0 Å². The average Bonchev–Trinajstić information content (AvgIpc) is 2.68. The highest BCUT2D eigenvalue weighted by atomic mass is 35.5. The number of methoxy groups -OCH3 is 1. The fourth-order valence-corrected chi connectivity index (χ4v) is 2.99. The van der Waals surface area contributed by atoms with Crippen molar-refractivity contribution in [3.63, 3.8) is 0 Å². The molecule has 1 aromatic heterocycles. The molecule has 3 N–H and O–H groups in total. The number of aromatic nitrogens is 1. The Bertz CT molecular complexity index is 724. The van der Waals surface area contributed by atoms with E-state index in [2.05, 4.69) is 20.9 Å². The molecule has 1 atom stereocenters. The van der Waals surface area contributed by atoms with Crippen LogP contribution in [0, 0.1) is 5.92 Å². The average molecular weight is 413 g/mol. The zero-order valence-corrected chi connectivity index (χ0v) is 16.9. The first kappa shape index (κ1) is 23.0. The minimum atomic E-state index is -0.115. The molecule has 0 saturated carbocycles. The number of piperidine rings is 1. The second kappa shape index (κ2) is 11.6. The quantitative estimate of drug-likeness (QED) is 0.677. The Morgan fingerprint density at radius 2 is 2.07 bits per heavy atom. The van der Waals surface area contributed by atoms with Gasteiger partial charge in [-0.1, -0.05) is 12.1 Å². The Kier molecular flexibility index (Phi) is 9.93. The summed E-state index contributed by atoms with van der Waals surface area (Å²) in [5, 5.41) is 9.60. The molecule has 2 aromatic rings. The van der Waals surface area contributed by atoms with Crippen LogP contribution in [0.25, 0.3) is 0 Å². The Morgan fingerprint density at radius 3 is 2.81 bits per heavy atom. The van der Waals surface area contributed by atoms with Crippen molar-refractivity contribution in [1.29, 1.82) is 0 Å². The molecule has 1 fully saturated rings. The summed E-state index contributed by atoms with van der Waals surface area (Å²) in [6.07, 6.45) is 3.97. The maximum Gasteiger partial charge on any atom is 0.255 e. The number of benzene rings is 1. The van der Waals surface area contributed by atoms with E-state index >= 15 is 0 Å². The van der Waals surface area contributed by atoms with Crippen LogP contribution in [0.1, 0.15) is 23.2 Å². The number of nitrogens with zero attached hydrogens (tertiary/aromatic N) is 1. The summed E-state index contributed by atoms with van der Waals surface area (Å²) in [7, 11) is 1.62. The van der Waals surface area contributed by atoms with Crippen LogP contribution < -0.4 is 20.7 Å². The van der Waals surface area contributed by atoms with Gasteiger partial charge in [0.2, 0.25) is 0 Å². The summed E-state index contributed by atoms with van der Waals surface area (Å²) >= 11 is 0. The summed E-state index contributed by atoms with van der Waals surface area (Å²) < 4.78 is 5.35. The van der Waals surface area contributed by atoms with Gasteiger partial charge < -0.3 is 20.7 Å². The van der Waals surface area contributed by atoms with Crippen LogP contribution in [-0.2, 0) is 0 Å². The highest BCUT2D eigenvalue weighted by molar-refractivity contribution is 5.99. The number of nitrogens with one attached hydrogen (secondary N) is 3. The second-order valence-corrected chi connectivity index (χ2v) is 6.15. The normalized spacial score (nSPS) is 15.7. The molecule has 1 aliphatic rings. The Balaban J connectivity index is 0.00000182. The summed E-state index contributed by atoms with van der Waals surface area (Å²) in [5.41, 5.74) is 1.30. The van der Waals surface area contributed by atoms with Crippen molar-refractivity contribution in [2.75, 3.05) is 32.1 Å². The Labute approximate surface area is 172 Å². The Morgan fingerprint density at radius 1 is 1.26 bits per heavy atom. The van der Waals surface area contributed by atoms with Gasteiger partial charge in [0.25, 0.3) is 5.91 Å². The highest BCUT2D eigenvalue weighted by Crippen LogP contribution is 2.27. The van der Waals surface area contributed by atoms with Crippen LogP contribution in [-0.4, -0.2) is 37.6 Å². The molecule has 8 heteroatoms. The van der Waals surface area contributed by atoms with Gasteiger partial charge in [0, 0.05) is 12.7 Å². The maximum absolute atomic E-state index is 12.6. The van der Waals surface area contributed by atoms with Gasteiger partial charge in [-0.3, -0.25) is 4.79 Å². The number of amides is 1. The van der Waals surface area contributed by atoms with Crippen molar-refractivity contribution >= 4 is 42.2 Å². The minimum absolute atomic E-state index is 0. The lowest BCUT2D eigenvalue weighted by molar-refractivity contribution is 0.0945. The van der Waals surface area contributed by atoms with E-state index < -0.39 is 0 Å². The predicted octanol–water partition coefficient (Wildman–Crippen LogP) is 3.41. The SMILES string of the molecule is COc1ccccc1Nc1ncccc1C(=O)NCC1CCCNC1.Cl.Cl. The molecule has 1 saturated heterocycles. The van der Waals surface area contributed by atoms with Crippen molar-refractivity contribution in [3.8, 4) is 5.75 Å². The van der Waals surface area contributed by atoms with Crippen molar-refractivity contribution in [2.45, 2.75) is 12.8 Å². The number of anilines is 2. The monoisotopic (exact) mass is 412 g/mol. The number of pyridine rings is 1. The first-order valence-corrected chi connectivity index (χ1v) is 8.62. The zero-order chi connectivity index (χ0) is 17.5. The molecule has 1 aliphatic heterocycles. The predicted molar refractivity (Wildman–Crippen MR) is 113 cm³/mol. The van der Waals surface area contributed by atoms with E-state index in [-0.39, 0.29) is 30.7 Å². The smallest absolute Gasteiger partial charge is 0.255 e. The molecule has 0 bridgehead atoms. The molecule has 0 radical (unpaired) electrons. The van der Waals surface area contributed by atoms with Gasteiger partial charge >= 0.3 is 0 Å². The van der Waals surface area contributed by atoms with E-state index in [1.807, 2.05) is 24.3 Å². The van der Waals surface area contributed by atoms with E-state index in [0.717, 1.165) is 31.6 Å². The van der Waals surface area contributed by atoms with Crippen LogP contribution in [0.15, 0.2) is 42.6 Å². The molecule has 1 amide bonds. The third-order valence-corrected chi connectivity index (χ3v) is 4.36. The molecule has 1 unspecified atom stereocenters. The van der Waals surface area contributed by atoms with Gasteiger partial charge in [0.1, 0.15) is 11.6 Å². The van der Waals surface area contributed by atoms with Crippen molar-refractivity contribution < 1.29 is 9.53 Å². The van der Waals surface area contributed by atoms with Crippen molar-refractivity contribution in [2.24, 2.45) is 5.92 Å². The standard InChI is InChI=1S/C19H24N4O2.2ClH/c1-25-17-9-3-2-8-16(17)23-18-15(7-5-11-21-18)19(24)22-13-14-6-4-10-20-12-14;;/h2-3,5,7-9,11,14,20H,4,6,10,12-13H2,1H3,(H,21,23)(H,22,24);2*1H. The lowest BCUT2D eigenvalue weighted by Gasteiger charge is -2.23. The lowest BCUT2D eigenvalue weighted by Crippen LogP contribution is -2.38. The molecule has 0 spiro atoms. The van der Waals surface area contributed by atoms with Crippen molar-refractivity contribution in [1.82, 2.24) is 15.6 Å². The molecular formula is C19H26Cl2N4O2. The van der Waals surface area contributed by atoms with E-state index in [0.29, 0.717) is 29.6 Å². The van der Waals surface area contributed by atoms with Crippen LogP contribution in [0.4, 0.5) is 11.5 Å². The Hall–Kier alpha value is -2.02. The van der Waals surface area contributed by atoms with E-state index in [9.17, 15) is 4.79 Å². The topological polar surface area (TPSA) is 75.3 Å². The summed E-state index contributed by atoms with van der Waals surface area (Å²) in [4.78, 5) is 16.9. The van der Waals surface area contributed by atoms with Crippen LogP contribution >= 0.6 is 24.8 Å². The molecule has 6 nitrogen and oxygen atoms in total. The van der Waals surface area contributed by atoms with Gasteiger partial charge in [0.15, 0.2) is 0 Å². The fraction of sp³-hybridized carbons (Fsp3) is 0.368. The molecule has 3 rings (SSSR count). The van der Waals surface area contributed by atoms with Gasteiger partial charge in [0.05, 0.1) is 18.4 Å². The number of carbonyl (C=O) groups excluding carboxylic acids is 1. The third-order valence-electron chi connectivity index (χ3n) is 4.36.